The molecule has 0 saturated heterocycles. The van der Waals surface area contributed by atoms with Crippen molar-refractivity contribution in [1.29, 1.82) is 0 Å². The number of hydrogen-bond donors (Lipinski definition) is 1. The molecular formula is C16H15Br2NO3S. The van der Waals surface area contributed by atoms with E-state index in [0.717, 1.165) is 8.26 Å². The summed E-state index contributed by atoms with van der Waals surface area (Å²) in [5, 5.41) is 2.79. The smallest absolute Gasteiger partial charge is 0.338 e. The summed E-state index contributed by atoms with van der Waals surface area (Å²) >= 11 is 8.06. The summed E-state index contributed by atoms with van der Waals surface area (Å²) in [6.45, 7) is 4.35. The zero-order chi connectivity index (χ0) is 17.0. The summed E-state index contributed by atoms with van der Waals surface area (Å²) in [6.07, 6.45) is 0. The predicted octanol–water partition coefficient (Wildman–Crippen LogP) is 5.34. The number of nitrogens with one attached hydrogen (secondary N) is 1. The van der Waals surface area contributed by atoms with E-state index in [1.807, 2.05) is 13.8 Å². The molecule has 0 spiro atoms. The lowest BCUT2D eigenvalue weighted by atomic mass is 10.2. The van der Waals surface area contributed by atoms with Crippen LogP contribution < -0.4 is 5.32 Å². The molecular weight excluding hydrogens is 446 g/mol. The summed E-state index contributed by atoms with van der Waals surface area (Å²) in [5.74, 6) is -0.263. The Morgan fingerprint density at radius 1 is 1.22 bits per heavy atom. The van der Waals surface area contributed by atoms with Gasteiger partial charge in [-0.05, 0) is 68.1 Å². The fourth-order valence-electron chi connectivity index (χ4n) is 1.67. The van der Waals surface area contributed by atoms with E-state index in [1.54, 1.807) is 30.3 Å². The van der Waals surface area contributed by atoms with Crippen LogP contribution in [0.2, 0.25) is 0 Å². The summed E-state index contributed by atoms with van der Waals surface area (Å²) in [7, 11) is 0. The summed E-state index contributed by atoms with van der Waals surface area (Å²) in [5.41, 5.74) is 1.08. The molecule has 0 aliphatic rings. The van der Waals surface area contributed by atoms with Crippen LogP contribution in [0.1, 0.15) is 33.9 Å². The lowest BCUT2D eigenvalue weighted by molar-refractivity contribution is 0.0459. The topological polar surface area (TPSA) is 55.4 Å². The number of halogens is 2. The van der Waals surface area contributed by atoms with Crippen molar-refractivity contribution in [2.75, 3.05) is 11.9 Å². The Labute approximate surface area is 155 Å². The molecule has 1 aromatic heterocycles. The van der Waals surface area contributed by atoms with Gasteiger partial charge < -0.3 is 10.1 Å². The monoisotopic (exact) mass is 459 g/mol. The maximum absolute atomic E-state index is 12.1. The molecule has 1 N–H and O–H groups in total. The SMILES string of the molecule is CC(C)COC(=O)c1ccc(NC(=O)c2cc(Br)c(Br)s2)cc1. The first-order chi connectivity index (χ1) is 10.9. The normalized spacial score (nSPS) is 10.7. The zero-order valence-corrected chi connectivity index (χ0v) is 16.5. The van der Waals surface area contributed by atoms with Crippen molar-refractivity contribution >= 4 is 60.8 Å². The van der Waals surface area contributed by atoms with Crippen LogP contribution in [0.4, 0.5) is 5.69 Å². The largest absolute Gasteiger partial charge is 0.462 e. The number of thiophene rings is 1. The highest BCUT2D eigenvalue weighted by atomic mass is 79.9. The molecule has 0 fully saturated rings. The Bertz CT molecular complexity index is 691. The standard InChI is InChI=1S/C16H15Br2NO3S/c1-9(2)8-22-16(21)10-3-5-11(6-4-10)19-15(20)13-7-12(17)14(18)23-13/h3-7,9H,8H2,1-2H3,(H,19,20). The van der Waals surface area contributed by atoms with Crippen molar-refractivity contribution in [1.82, 2.24) is 0 Å². The number of ether oxygens (including phenoxy) is 1. The van der Waals surface area contributed by atoms with Gasteiger partial charge in [0, 0.05) is 10.2 Å². The average Bonchev–Trinajstić information content (AvgIpc) is 2.85. The fourth-order valence-corrected chi connectivity index (χ4v) is 3.60. The van der Waals surface area contributed by atoms with Crippen LogP contribution in [0.15, 0.2) is 38.6 Å². The van der Waals surface area contributed by atoms with Crippen molar-refractivity contribution in [3.63, 3.8) is 0 Å². The molecule has 1 heterocycles. The van der Waals surface area contributed by atoms with Crippen LogP contribution in [0.25, 0.3) is 0 Å². The second-order valence-electron chi connectivity index (χ2n) is 5.26. The Morgan fingerprint density at radius 2 is 1.87 bits per heavy atom. The minimum absolute atomic E-state index is 0.198. The van der Waals surface area contributed by atoms with Crippen molar-refractivity contribution in [3.05, 3.63) is 49.0 Å². The highest BCUT2D eigenvalue weighted by Crippen LogP contribution is 2.32. The van der Waals surface area contributed by atoms with Gasteiger partial charge in [-0.1, -0.05) is 13.8 Å². The Morgan fingerprint density at radius 3 is 2.39 bits per heavy atom. The number of amides is 1. The molecule has 0 bridgehead atoms. The lowest BCUT2D eigenvalue weighted by Gasteiger charge is -2.08. The van der Waals surface area contributed by atoms with E-state index in [-0.39, 0.29) is 11.9 Å². The first-order valence-corrected chi connectivity index (χ1v) is 9.30. The zero-order valence-electron chi connectivity index (χ0n) is 12.6. The molecule has 0 radical (unpaired) electrons. The molecule has 0 unspecified atom stereocenters. The van der Waals surface area contributed by atoms with Gasteiger partial charge in [-0.15, -0.1) is 11.3 Å². The van der Waals surface area contributed by atoms with Gasteiger partial charge in [0.1, 0.15) is 0 Å². The van der Waals surface area contributed by atoms with E-state index < -0.39 is 0 Å². The minimum atomic E-state index is -0.359. The number of esters is 1. The second kappa shape index (κ2) is 8.08. The highest BCUT2D eigenvalue weighted by Gasteiger charge is 2.13. The highest BCUT2D eigenvalue weighted by molar-refractivity contribution is 9.13. The van der Waals surface area contributed by atoms with E-state index in [2.05, 4.69) is 37.2 Å². The number of hydrogen-bond acceptors (Lipinski definition) is 4. The molecule has 1 aromatic carbocycles. The van der Waals surface area contributed by atoms with E-state index in [1.165, 1.54) is 11.3 Å². The second-order valence-corrected chi connectivity index (χ2v) is 8.48. The van der Waals surface area contributed by atoms with Gasteiger partial charge in [-0.25, -0.2) is 4.79 Å². The van der Waals surface area contributed by atoms with Gasteiger partial charge >= 0.3 is 5.97 Å². The van der Waals surface area contributed by atoms with Crippen molar-refractivity contribution in [2.45, 2.75) is 13.8 Å². The number of benzene rings is 1. The van der Waals surface area contributed by atoms with E-state index in [0.29, 0.717) is 28.7 Å². The fraction of sp³-hybridized carbons (Fsp3) is 0.250. The van der Waals surface area contributed by atoms with Crippen molar-refractivity contribution < 1.29 is 14.3 Å². The van der Waals surface area contributed by atoms with Crippen molar-refractivity contribution in [3.8, 4) is 0 Å². The third-order valence-corrected chi connectivity index (χ3v) is 6.05. The molecule has 23 heavy (non-hydrogen) atoms. The van der Waals surface area contributed by atoms with Crippen LogP contribution >= 0.6 is 43.2 Å². The average molecular weight is 461 g/mol. The first-order valence-electron chi connectivity index (χ1n) is 6.90. The number of anilines is 1. The molecule has 2 aromatic rings. The summed E-state index contributed by atoms with van der Waals surface area (Å²) in [6, 6.07) is 8.39. The summed E-state index contributed by atoms with van der Waals surface area (Å²) < 4.78 is 6.87. The Hall–Kier alpha value is -1.18. The van der Waals surface area contributed by atoms with E-state index >= 15 is 0 Å². The molecule has 2 rings (SSSR count). The first kappa shape index (κ1) is 18.2. The predicted molar refractivity (Wildman–Crippen MR) is 99.2 cm³/mol. The number of carbonyl (C=O) groups excluding carboxylic acids is 2. The van der Waals surface area contributed by atoms with Gasteiger partial charge in [0.25, 0.3) is 5.91 Å². The quantitative estimate of drug-likeness (QED) is 0.612. The Kier molecular flexibility index (Phi) is 6.38. The molecule has 0 aliphatic carbocycles. The maximum Gasteiger partial charge on any atom is 0.338 e. The molecule has 4 nitrogen and oxygen atoms in total. The maximum atomic E-state index is 12.1. The van der Waals surface area contributed by atoms with Crippen LogP contribution in [-0.2, 0) is 4.74 Å². The third kappa shape index (κ3) is 5.16. The number of carbonyl (C=O) groups is 2. The van der Waals surface area contributed by atoms with Gasteiger partial charge in [-0.3, -0.25) is 4.79 Å². The lowest BCUT2D eigenvalue weighted by Crippen LogP contribution is -2.12. The van der Waals surface area contributed by atoms with Crippen LogP contribution in [0, 0.1) is 5.92 Å². The van der Waals surface area contributed by atoms with Gasteiger partial charge in [0.2, 0.25) is 0 Å². The van der Waals surface area contributed by atoms with Gasteiger partial charge in [0.05, 0.1) is 20.8 Å². The molecule has 1 amide bonds. The molecule has 0 saturated carbocycles. The van der Waals surface area contributed by atoms with Crippen LogP contribution in [-0.4, -0.2) is 18.5 Å². The van der Waals surface area contributed by atoms with Crippen molar-refractivity contribution in [2.24, 2.45) is 5.92 Å². The molecule has 122 valence electrons. The number of rotatable bonds is 5. The van der Waals surface area contributed by atoms with Gasteiger partial charge in [-0.2, -0.15) is 0 Å². The molecule has 7 heteroatoms. The molecule has 0 aliphatic heterocycles. The third-order valence-electron chi connectivity index (χ3n) is 2.80. The van der Waals surface area contributed by atoms with E-state index in [4.69, 9.17) is 4.74 Å². The molecule has 0 atom stereocenters. The minimum Gasteiger partial charge on any atom is -0.462 e. The summed E-state index contributed by atoms with van der Waals surface area (Å²) in [4.78, 5) is 24.6. The van der Waals surface area contributed by atoms with Crippen LogP contribution in [0.5, 0.6) is 0 Å². The van der Waals surface area contributed by atoms with E-state index in [9.17, 15) is 9.59 Å². The van der Waals surface area contributed by atoms with Gasteiger partial charge in [0.15, 0.2) is 0 Å². The van der Waals surface area contributed by atoms with Crippen LogP contribution in [0.3, 0.4) is 0 Å². The Balaban J connectivity index is 1.99.